The summed E-state index contributed by atoms with van der Waals surface area (Å²) >= 11 is 3.44. The maximum atomic E-state index is 5.71. The molecule has 0 spiro atoms. The Morgan fingerprint density at radius 2 is 1.81 bits per heavy atom. The van der Waals surface area contributed by atoms with E-state index in [2.05, 4.69) is 65.4 Å². The standard InChI is InChI=1S/C18H22BrNO/c1-18(2,15-7-4-3-5-8-15)14-20-11-12-21-17-10-6-9-16(19)13-17/h3-10,13,20H,11-12,14H2,1-2H3. The predicted molar refractivity (Wildman–Crippen MR) is 92.0 cm³/mol. The quantitative estimate of drug-likeness (QED) is 0.749. The summed E-state index contributed by atoms with van der Waals surface area (Å²) in [7, 11) is 0. The zero-order chi connectivity index (χ0) is 15.1. The molecule has 0 unspecified atom stereocenters. The molecular formula is C18H22BrNO. The molecule has 2 aromatic carbocycles. The van der Waals surface area contributed by atoms with Gasteiger partial charge >= 0.3 is 0 Å². The Labute approximate surface area is 135 Å². The molecule has 0 aliphatic heterocycles. The molecule has 2 rings (SSSR count). The van der Waals surface area contributed by atoms with Gasteiger partial charge in [-0.05, 0) is 23.8 Å². The van der Waals surface area contributed by atoms with E-state index in [1.165, 1.54) is 5.56 Å². The molecule has 112 valence electrons. The third-order valence-corrected chi connectivity index (χ3v) is 3.96. The Bertz CT molecular complexity index is 554. The van der Waals surface area contributed by atoms with Crippen LogP contribution in [-0.2, 0) is 5.41 Å². The maximum absolute atomic E-state index is 5.71. The van der Waals surface area contributed by atoms with Gasteiger partial charge in [0.15, 0.2) is 0 Å². The summed E-state index contributed by atoms with van der Waals surface area (Å²) < 4.78 is 6.75. The lowest BCUT2D eigenvalue weighted by Gasteiger charge is -2.25. The molecule has 0 aliphatic rings. The molecule has 0 saturated heterocycles. The van der Waals surface area contributed by atoms with E-state index in [9.17, 15) is 0 Å². The monoisotopic (exact) mass is 347 g/mol. The Balaban J connectivity index is 1.72. The van der Waals surface area contributed by atoms with Gasteiger partial charge in [0.05, 0.1) is 0 Å². The third kappa shape index (κ3) is 5.18. The number of halogens is 1. The summed E-state index contributed by atoms with van der Waals surface area (Å²) in [5, 5.41) is 3.47. The normalized spacial score (nSPS) is 11.4. The Kier molecular flexibility index (Phi) is 5.83. The van der Waals surface area contributed by atoms with Crippen LogP contribution in [0.25, 0.3) is 0 Å². The minimum absolute atomic E-state index is 0.122. The number of hydrogen-bond donors (Lipinski definition) is 1. The van der Waals surface area contributed by atoms with Gasteiger partial charge in [-0.3, -0.25) is 0 Å². The maximum Gasteiger partial charge on any atom is 0.120 e. The van der Waals surface area contributed by atoms with Crippen molar-refractivity contribution in [2.75, 3.05) is 19.7 Å². The number of rotatable bonds is 7. The van der Waals surface area contributed by atoms with Crippen LogP contribution >= 0.6 is 15.9 Å². The summed E-state index contributed by atoms with van der Waals surface area (Å²) in [5.74, 6) is 0.897. The minimum atomic E-state index is 0.122. The van der Waals surface area contributed by atoms with Crippen LogP contribution in [0.5, 0.6) is 5.75 Å². The third-order valence-electron chi connectivity index (χ3n) is 3.47. The van der Waals surface area contributed by atoms with Crippen molar-refractivity contribution >= 4 is 15.9 Å². The van der Waals surface area contributed by atoms with Gasteiger partial charge in [0, 0.05) is 23.0 Å². The zero-order valence-electron chi connectivity index (χ0n) is 12.6. The smallest absolute Gasteiger partial charge is 0.120 e. The van der Waals surface area contributed by atoms with Crippen LogP contribution in [0.15, 0.2) is 59.1 Å². The van der Waals surface area contributed by atoms with Crippen molar-refractivity contribution in [3.05, 3.63) is 64.6 Å². The second-order valence-electron chi connectivity index (χ2n) is 5.73. The molecule has 2 nitrogen and oxygen atoms in total. The highest BCUT2D eigenvalue weighted by molar-refractivity contribution is 9.10. The van der Waals surface area contributed by atoms with Crippen molar-refractivity contribution < 1.29 is 4.74 Å². The first-order chi connectivity index (χ1) is 10.1. The summed E-state index contributed by atoms with van der Waals surface area (Å²) in [4.78, 5) is 0. The molecule has 0 fully saturated rings. The highest BCUT2D eigenvalue weighted by atomic mass is 79.9. The molecular weight excluding hydrogens is 326 g/mol. The lowest BCUT2D eigenvalue weighted by Crippen LogP contribution is -2.35. The average Bonchev–Trinajstić information content (AvgIpc) is 2.48. The Morgan fingerprint density at radius 1 is 1.05 bits per heavy atom. The largest absolute Gasteiger partial charge is 0.492 e. The van der Waals surface area contributed by atoms with Gasteiger partial charge < -0.3 is 10.1 Å². The Morgan fingerprint density at radius 3 is 2.52 bits per heavy atom. The first-order valence-corrected chi connectivity index (χ1v) is 8.02. The minimum Gasteiger partial charge on any atom is -0.492 e. The van der Waals surface area contributed by atoms with Gasteiger partial charge in [-0.1, -0.05) is 66.2 Å². The number of benzene rings is 2. The number of hydrogen-bond acceptors (Lipinski definition) is 2. The van der Waals surface area contributed by atoms with Gasteiger partial charge in [-0.15, -0.1) is 0 Å². The fourth-order valence-electron chi connectivity index (χ4n) is 2.19. The molecule has 1 N–H and O–H groups in total. The van der Waals surface area contributed by atoms with E-state index in [4.69, 9.17) is 4.74 Å². The zero-order valence-corrected chi connectivity index (χ0v) is 14.2. The van der Waals surface area contributed by atoms with E-state index in [0.29, 0.717) is 6.61 Å². The number of nitrogens with one attached hydrogen (secondary N) is 1. The van der Waals surface area contributed by atoms with Crippen molar-refractivity contribution in [2.24, 2.45) is 0 Å². The molecule has 0 saturated carbocycles. The summed E-state index contributed by atoms with van der Waals surface area (Å²) in [6, 6.07) is 18.5. The molecule has 0 aliphatic carbocycles. The molecule has 0 radical (unpaired) electrons. The molecule has 3 heteroatoms. The van der Waals surface area contributed by atoms with Gasteiger partial charge in [-0.2, -0.15) is 0 Å². The molecule has 0 heterocycles. The summed E-state index contributed by atoms with van der Waals surface area (Å²) in [6.07, 6.45) is 0. The topological polar surface area (TPSA) is 21.3 Å². The van der Waals surface area contributed by atoms with Crippen molar-refractivity contribution in [2.45, 2.75) is 19.3 Å². The molecule has 0 aromatic heterocycles. The summed E-state index contributed by atoms with van der Waals surface area (Å²) in [6.45, 7) is 6.94. The van der Waals surface area contributed by atoms with E-state index in [-0.39, 0.29) is 5.41 Å². The second-order valence-corrected chi connectivity index (χ2v) is 6.65. The van der Waals surface area contributed by atoms with Gasteiger partial charge in [-0.25, -0.2) is 0 Å². The fourth-order valence-corrected chi connectivity index (χ4v) is 2.57. The second kappa shape index (κ2) is 7.62. The van der Waals surface area contributed by atoms with Crippen molar-refractivity contribution in [3.8, 4) is 5.75 Å². The molecule has 0 atom stereocenters. The van der Waals surface area contributed by atoms with Crippen LogP contribution in [0.2, 0.25) is 0 Å². The van der Waals surface area contributed by atoms with Crippen molar-refractivity contribution in [1.29, 1.82) is 0 Å². The SMILES string of the molecule is CC(C)(CNCCOc1cccc(Br)c1)c1ccccc1. The fraction of sp³-hybridized carbons (Fsp3) is 0.333. The van der Waals surface area contributed by atoms with Gasteiger partial charge in [0.25, 0.3) is 0 Å². The van der Waals surface area contributed by atoms with E-state index >= 15 is 0 Å². The Hall–Kier alpha value is -1.32. The highest BCUT2D eigenvalue weighted by Gasteiger charge is 2.19. The molecule has 0 amide bonds. The lowest BCUT2D eigenvalue weighted by atomic mass is 9.85. The van der Waals surface area contributed by atoms with Crippen LogP contribution in [0.3, 0.4) is 0 Å². The van der Waals surface area contributed by atoms with E-state index in [1.54, 1.807) is 0 Å². The van der Waals surface area contributed by atoms with Gasteiger partial charge in [0.1, 0.15) is 12.4 Å². The van der Waals surface area contributed by atoms with E-state index in [1.807, 2.05) is 24.3 Å². The predicted octanol–water partition coefficient (Wildman–Crippen LogP) is 4.40. The molecule has 2 aromatic rings. The van der Waals surface area contributed by atoms with Crippen LogP contribution in [-0.4, -0.2) is 19.7 Å². The first kappa shape index (κ1) is 16.1. The van der Waals surface area contributed by atoms with E-state index < -0.39 is 0 Å². The highest BCUT2D eigenvalue weighted by Crippen LogP contribution is 2.21. The van der Waals surface area contributed by atoms with E-state index in [0.717, 1.165) is 23.3 Å². The van der Waals surface area contributed by atoms with Crippen molar-refractivity contribution in [3.63, 3.8) is 0 Å². The average molecular weight is 348 g/mol. The van der Waals surface area contributed by atoms with Crippen LogP contribution in [0.4, 0.5) is 0 Å². The number of ether oxygens (including phenoxy) is 1. The first-order valence-electron chi connectivity index (χ1n) is 7.22. The molecule has 0 bridgehead atoms. The molecule has 21 heavy (non-hydrogen) atoms. The van der Waals surface area contributed by atoms with Crippen molar-refractivity contribution in [1.82, 2.24) is 5.32 Å². The summed E-state index contributed by atoms with van der Waals surface area (Å²) in [5.41, 5.74) is 1.47. The van der Waals surface area contributed by atoms with Crippen LogP contribution < -0.4 is 10.1 Å². The van der Waals surface area contributed by atoms with Gasteiger partial charge in [0.2, 0.25) is 0 Å². The van der Waals surface area contributed by atoms with Crippen LogP contribution in [0, 0.1) is 0 Å². The lowest BCUT2D eigenvalue weighted by molar-refractivity contribution is 0.307. The van der Waals surface area contributed by atoms with Crippen LogP contribution in [0.1, 0.15) is 19.4 Å².